The quantitative estimate of drug-likeness (QED) is 0.350. The van der Waals surface area contributed by atoms with Crippen molar-refractivity contribution in [2.45, 2.75) is 0 Å². The van der Waals surface area contributed by atoms with Gasteiger partial charge in [0.25, 0.3) is 0 Å². The first-order valence-electron chi connectivity index (χ1n) is 0.333. The van der Waals surface area contributed by atoms with Crippen LogP contribution in [0.15, 0.2) is 0 Å². The van der Waals surface area contributed by atoms with Crippen LogP contribution in [0.3, 0.4) is 0 Å². The van der Waals surface area contributed by atoms with Gasteiger partial charge in [-0.25, -0.2) is 0 Å². The lowest BCUT2D eigenvalue weighted by atomic mass is 15.9. The molecule has 2 nitrogen and oxygen atoms in total. The van der Waals surface area contributed by atoms with Crippen LogP contribution < -0.4 is 9.32 Å². The lowest BCUT2D eigenvalue weighted by Gasteiger charge is -1.60. The molecule has 0 heterocycles. The van der Waals surface area contributed by atoms with Crippen molar-refractivity contribution in [3.05, 3.63) is 0 Å². The molecule has 0 rings (SSSR count). The Balaban J connectivity index is 0. The van der Waals surface area contributed by atoms with Crippen LogP contribution in [0.2, 0.25) is 0 Å². The van der Waals surface area contributed by atoms with Crippen LogP contribution in [0.5, 0.6) is 0 Å². The van der Waals surface area contributed by atoms with Gasteiger partial charge in [0, 0.05) is 11.3 Å². The molecule has 0 saturated heterocycles. The Morgan fingerprint density at radius 2 is 1.25 bits per heavy atom. The van der Waals surface area contributed by atoms with Crippen molar-refractivity contribution < 1.29 is 20.6 Å². The molecule has 0 aromatic heterocycles. The zero-order valence-corrected chi connectivity index (χ0v) is 3.27. The molecule has 0 atom stereocenters. The van der Waals surface area contributed by atoms with Crippen molar-refractivity contribution in [2.75, 3.05) is 0 Å². The molecule has 0 aliphatic carbocycles. The summed E-state index contributed by atoms with van der Waals surface area (Å²) in [4.78, 5) is 0. The van der Waals surface area contributed by atoms with Crippen LogP contribution in [0.25, 0.3) is 0 Å². The molecule has 0 saturated carbocycles. The predicted molar refractivity (Wildman–Crippen MR) is 8.64 cm³/mol. The molecule has 0 aliphatic heterocycles. The number of rotatable bonds is 0. The van der Waals surface area contributed by atoms with Crippen molar-refractivity contribution in [3.8, 4) is 0 Å². The minimum atomic E-state index is -0.750. The summed E-state index contributed by atoms with van der Waals surface area (Å²) in [6, 6.07) is 0. The topological polar surface area (TPSA) is 46.1 Å². The van der Waals surface area contributed by atoms with Crippen LogP contribution >= 0.6 is 12.4 Å². The van der Waals surface area contributed by atoms with Crippen molar-refractivity contribution in [1.82, 2.24) is 0 Å². The molecule has 0 N–H and O–H groups in total. The second-order valence-corrected chi connectivity index (χ2v) is 0.204. The highest BCUT2D eigenvalue weighted by atomic mass is 35.6. The predicted octanol–water partition coefficient (Wildman–Crippen LogP) is -2.22. The van der Waals surface area contributed by atoms with E-state index in [-0.39, 0.29) is 12.4 Å². The van der Waals surface area contributed by atoms with E-state index in [1.807, 2.05) is 0 Å². The average molecular weight is 105 g/mol. The highest BCUT2D eigenvalue weighted by Crippen LogP contribution is 0.940. The summed E-state index contributed by atoms with van der Waals surface area (Å²) in [5.74, 6) is 0. The first-order valence-corrected chi connectivity index (χ1v) is 1.00. The zero-order valence-electron chi connectivity index (χ0n) is 1.63. The fourth-order valence-corrected chi connectivity index (χ4v) is 0. The maximum absolute atomic E-state index is 8.29. The van der Waals surface area contributed by atoms with Gasteiger partial charge < -0.3 is 9.32 Å². The Hall–Kier alpha value is 0.500. The summed E-state index contributed by atoms with van der Waals surface area (Å²) in [6.07, 6.45) is 0. The molecule has 0 spiro atoms. The van der Waals surface area contributed by atoms with Gasteiger partial charge in [-0.2, -0.15) is 0 Å². The van der Waals surface area contributed by atoms with Gasteiger partial charge >= 0.3 is 0 Å². The molecule has 0 aromatic carbocycles. The molecule has 4 heavy (non-hydrogen) atoms. The van der Waals surface area contributed by atoms with Crippen LogP contribution in [0, 0.1) is 11.3 Å². The number of hydrogen-bond donors (Lipinski definition) is 0. The van der Waals surface area contributed by atoms with Gasteiger partial charge in [-0.15, -0.1) is 12.4 Å². The van der Waals surface area contributed by atoms with Gasteiger partial charge in [-0.1, -0.05) is 0 Å². The van der Waals surface area contributed by atoms with Gasteiger partial charge in [0.2, 0.25) is 0 Å². The van der Waals surface area contributed by atoms with Gasteiger partial charge in [0.05, 0.1) is 0 Å². The van der Waals surface area contributed by atoms with E-state index >= 15 is 0 Å². The van der Waals surface area contributed by atoms with Crippen LogP contribution in [-0.2, 0) is 0 Å². The minimum absolute atomic E-state index is 0. The van der Waals surface area contributed by atoms with Crippen molar-refractivity contribution in [2.24, 2.45) is 0 Å². The van der Waals surface area contributed by atoms with Crippen LogP contribution in [-0.4, -0.2) is 0 Å². The smallest absolute Gasteiger partial charge is 0.0204 e. The van der Waals surface area contributed by atoms with E-state index in [4.69, 9.17) is 9.32 Å². The van der Waals surface area contributed by atoms with E-state index in [1.54, 1.807) is 0 Å². The molecule has 28 valence electrons. The summed E-state index contributed by atoms with van der Waals surface area (Å²) in [5, 5.41) is 0. The Morgan fingerprint density at radius 1 is 1.25 bits per heavy atom. The fraction of sp³-hybridized carbons (Fsp3) is 0. The molecule has 0 aromatic rings. The van der Waals surface area contributed by atoms with E-state index < -0.39 is 11.3 Å². The van der Waals surface area contributed by atoms with Crippen molar-refractivity contribution in [3.63, 3.8) is 0 Å². The highest BCUT2D eigenvalue weighted by Gasteiger charge is 1.25. The molecular formula is H2Cl2O2. The molecule has 0 unspecified atom stereocenters. The first kappa shape index (κ1) is 8.82. The summed E-state index contributed by atoms with van der Waals surface area (Å²) in [5.41, 5.74) is 0. The maximum Gasteiger partial charge on any atom is 0.0204 e. The lowest BCUT2D eigenvalue weighted by Crippen LogP contribution is -2.13. The monoisotopic (exact) mass is 104 g/mol. The molecule has 0 radical (unpaired) electrons. The second kappa shape index (κ2) is 9.72. The summed E-state index contributed by atoms with van der Waals surface area (Å²) < 4.78 is 16.6. The third-order valence-corrected chi connectivity index (χ3v) is 0. The normalized spacial score (nSPS) is 4.50. The van der Waals surface area contributed by atoms with Gasteiger partial charge in [-0.3, -0.25) is 0 Å². The highest BCUT2D eigenvalue weighted by molar-refractivity contribution is 5.85. The Labute approximate surface area is 33.9 Å². The van der Waals surface area contributed by atoms with Crippen LogP contribution in [0.1, 0.15) is 0 Å². The first-order chi connectivity index (χ1) is 1.41. The van der Waals surface area contributed by atoms with E-state index in [0.717, 1.165) is 0 Å². The minimum Gasteiger partial charge on any atom is -0.373 e. The van der Waals surface area contributed by atoms with Gasteiger partial charge in [0.15, 0.2) is 0 Å². The maximum atomic E-state index is 8.29. The molecule has 0 fully saturated rings. The zero-order chi connectivity index (χ0) is 2.71. The van der Waals surface area contributed by atoms with Crippen molar-refractivity contribution >= 4 is 12.4 Å². The third-order valence-electron chi connectivity index (χ3n) is 0. The molecular weight excluding hydrogens is 103 g/mol. The van der Waals surface area contributed by atoms with E-state index in [0.29, 0.717) is 0 Å². The summed E-state index contributed by atoms with van der Waals surface area (Å²) >= 11 is -0.750. The second-order valence-electron chi connectivity index (χ2n) is 0.0680. The Kier molecular flexibility index (Phi) is 21.4. The van der Waals surface area contributed by atoms with Crippen molar-refractivity contribution in [1.29, 1.82) is 0 Å². The van der Waals surface area contributed by atoms with Gasteiger partial charge in [0.1, 0.15) is 0 Å². The van der Waals surface area contributed by atoms with E-state index in [1.165, 1.54) is 0 Å². The summed E-state index contributed by atoms with van der Waals surface area (Å²) in [6.45, 7) is 0. The molecule has 0 aliphatic rings. The molecule has 0 amide bonds. The van der Waals surface area contributed by atoms with Crippen LogP contribution in [0.4, 0.5) is 0 Å². The summed E-state index contributed by atoms with van der Waals surface area (Å²) in [7, 11) is 0. The molecule has 4 heteroatoms. The SMILES string of the molecule is Cl.[O-][ClH+2][O-]. The third kappa shape index (κ3) is 22.5. The van der Waals surface area contributed by atoms with Gasteiger partial charge in [-0.05, 0) is 0 Å². The standard InChI is InChI=1S/ClHO2.ClH/c2-1-3;/h1H;1H. The fourth-order valence-electron chi connectivity index (χ4n) is 0. The number of halogens is 2. The molecule has 0 bridgehead atoms. The Morgan fingerprint density at radius 3 is 1.25 bits per heavy atom. The average Bonchev–Trinajstić information content (AvgIpc) is 0.918. The number of hydrogen-bond acceptors (Lipinski definition) is 2. The lowest BCUT2D eigenvalue weighted by molar-refractivity contribution is -1.41. The van der Waals surface area contributed by atoms with E-state index in [9.17, 15) is 0 Å². The van der Waals surface area contributed by atoms with E-state index in [2.05, 4.69) is 0 Å². The largest absolute Gasteiger partial charge is 0.373 e. The Bertz CT molecular complexity index is 4.00.